The third-order valence-electron chi connectivity index (χ3n) is 8.04. The molecule has 4 rings (SSSR count). The molecule has 0 spiro atoms. The number of anilines is 1. The van der Waals surface area contributed by atoms with Crippen molar-refractivity contribution in [2.75, 3.05) is 44.2 Å². The Morgan fingerprint density at radius 3 is 2.45 bits per heavy atom. The molecule has 1 saturated heterocycles. The van der Waals surface area contributed by atoms with Crippen molar-refractivity contribution in [3.05, 3.63) is 68.9 Å². The molecule has 40 heavy (non-hydrogen) atoms. The van der Waals surface area contributed by atoms with Gasteiger partial charge in [0, 0.05) is 38.3 Å². The van der Waals surface area contributed by atoms with E-state index < -0.39 is 5.41 Å². The number of hydrogen-bond acceptors (Lipinski definition) is 6. The number of hydrogen-bond donors (Lipinski definition) is 0. The summed E-state index contributed by atoms with van der Waals surface area (Å²) in [6, 6.07) is 14.7. The maximum Gasteiger partial charge on any atom is 0.313 e. The number of carbonyl (C=O) groups is 1. The number of fused-ring (bicyclic) bond motifs is 1. The predicted octanol–water partition coefficient (Wildman–Crippen LogP) is 6.47. The molecule has 0 bridgehead atoms. The van der Waals surface area contributed by atoms with E-state index in [4.69, 9.17) is 32.7 Å². The second-order valence-electron chi connectivity index (χ2n) is 11.2. The Labute approximate surface area is 246 Å². The summed E-state index contributed by atoms with van der Waals surface area (Å²) in [5.41, 5.74) is 0.816. The van der Waals surface area contributed by atoms with Gasteiger partial charge >= 0.3 is 5.97 Å². The van der Waals surface area contributed by atoms with Gasteiger partial charge < -0.3 is 14.4 Å². The van der Waals surface area contributed by atoms with Crippen molar-refractivity contribution in [1.82, 2.24) is 9.47 Å². The number of halogens is 2. The van der Waals surface area contributed by atoms with Crippen LogP contribution in [0.1, 0.15) is 40.5 Å². The van der Waals surface area contributed by atoms with E-state index in [-0.39, 0.29) is 24.2 Å². The molecule has 9 heteroatoms. The highest BCUT2D eigenvalue weighted by atomic mass is 35.5. The van der Waals surface area contributed by atoms with Gasteiger partial charge in [-0.3, -0.25) is 19.1 Å². The number of rotatable bonds is 11. The zero-order valence-electron chi connectivity index (χ0n) is 23.8. The maximum atomic E-state index is 12.6. The van der Waals surface area contributed by atoms with Gasteiger partial charge in [0.2, 0.25) is 0 Å². The molecule has 7 nitrogen and oxygen atoms in total. The van der Waals surface area contributed by atoms with Crippen LogP contribution in [0, 0.1) is 11.3 Å². The van der Waals surface area contributed by atoms with Gasteiger partial charge in [-0.25, -0.2) is 0 Å². The van der Waals surface area contributed by atoms with Crippen LogP contribution in [0.4, 0.5) is 5.69 Å². The molecule has 0 unspecified atom stereocenters. The fourth-order valence-corrected chi connectivity index (χ4v) is 5.03. The molecule has 0 radical (unpaired) electrons. The third-order valence-corrected chi connectivity index (χ3v) is 8.85. The lowest BCUT2D eigenvalue weighted by Crippen LogP contribution is -2.46. The third kappa shape index (κ3) is 7.12. The van der Waals surface area contributed by atoms with Crippen LogP contribution >= 0.6 is 23.2 Å². The molecule has 0 N–H and O–H groups in total. The number of ether oxygens (including phenoxy) is 2. The summed E-state index contributed by atoms with van der Waals surface area (Å²) >= 11 is 12.6. The minimum Gasteiger partial charge on any atom is -0.494 e. The van der Waals surface area contributed by atoms with Crippen molar-refractivity contribution in [3.63, 3.8) is 0 Å². The van der Waals surface area contributed by atoms with Crippen molar-refractivity contribution in [3.8, 4) is 5.75 Å². The maximum absolute atomic E-state index is 12.6. The lowest BCUT2D eigenvalue weighted by molar-refractivity contribution is -0.160. The van der Waals surface area contributed by atoms with Crippen LogP contribution in [0.25, 0.3) is 10.9 Å². The van der Waals surface area contributed by atoms with Gasteiger partial charge in [-0.05, 0) is 74.9 Å². The molecule has 216 valence electrons. The average Bonchev–Trinajstić information content (AvgIpc) is 2.94. The zero-order valence-corrected chi connectivity index (χ0v) is 25.3. The van der Waals surface area contributed by atoms with Crippen molar-refractivity contribution in [1.29, 1.82) is 0 Å². The van der Waals surface area contributed by atoms with E-state index in [1.54, 1.807) is 6.07 Å². The van der Waals surface area contributed by atoms with Gasteiger partial charge in [0.15, 0.2) is 6.73 Å². The first kappa shape index (κ1) is 30.2. The Kier molecular flexibility index (Phi) is 10.0. The molecule has 3 aromatic rings. The molecule has 0 saturated carbocycles. The van der Waals surface area contributed by atoms with E-state index in [9.17, 15) is 9.59 Å². The Morgan fingerprint density at radius 2 is 1.73 bits per heavy atom. The van der Waals surface area contributed by atoms with Crippen molar-refractivity contribution < 1.29 is 14.3 Å². The van der Waals surface area contributed by atoms with Crippen molar-refractivity contribution in [2.24, 2.45) is 11.3 Å². The number of aromatic nitrogens is 1. The molecule has 0 amide bonds. The summed E-state index contributed by atoms with van der Waals surface area (Å²) in [7, 11) is 0. The summed E-state index contributed by atoms with van der Waals surface area (Å²) in [4.78, 5) is 30.0. The monoisotopic (exact) mass is 587 g/mol. The minimum absolute atomic E-state index is 0.113. The molecule has 2 heterocycles. The second kappa shape index (κ2) is 13.3. The van der Waals surface area contributed by atoms with Gasteiger partial charge in [0.25, 0.3) is 5.56 Å². The summed E-state index contributed by atoms with van der Waals surface area (Å²) < 4.78 is 13.1. The summed E-state index contributed by atoms with van der Waals surface area (Å²) in [6.45, 7) is 12.9. The Bertz CT molecular complexity index is 1380. The van der Waals surface area contributed by atoms with Crippen LogP contribution in [0.2, 0.25) is 10.0 Å². The van der Waals surface area contributed by atoms with Crippen LogP contribution in [0.15, 0.2) is 53.3 Å². The van der Waals surface area contributed by atoms with E-state index in [0.717, 1.165) is 56.6 Å². The van der Waals surface area contributed by atoms with Crippen molar-refractivity contribution >= 4 is 45.8 Å². The zero-order chi connectivity index (χ0) is 28.9. The summed E-state index contributed by atoms with van der Waals surface area (Å²) in [5, 5.41) is 2.09. The standard InChI is InChI=1S/C31H39Cl2N3O4/c1-22(2)31(3,4)30(38)40-21-36-27-20-24(12-10-23(27)11-13-28(36)37)39-19-6-5-14-34-15-17-35(18-16-34)26-9-7-8-25(32)29(26)33/h7-13,20,22H,5-6,14-19,21H2,1-4H3. The van der Waals surface area contributed by atoms with Crippen LogP contribution in [0.3, 0.4) is 0 Å². The molecular formula is C31H39Cl2N3O4. The first-order valence-corrected chi connectivity index (χ1v) is 14.7. The van der Waals surface area contributed by atoms with Gasteiger partial charge in [-0.1, -0.05) is 43.1 Å². The SMILES string of the molecule is CC(C)C(C)(C)C(=O)OCn1c(=O)ccc2ccc(OCCCCN3CCN(c4cccc(Cl)c4Cl)CC3)cc21. The predicted molar refractivity (Wildman–Crippen MR) is 163 cm³/mol. The van der Waals surface area contributed by atoms with Crippen LogP contribution in [0.5, 0.6) is 5.75 Å². The minimum atomic E-state index is -0.639. The lowest BCUT2D eigenvalue weighted by atomic mass is 9.81. The average molecular weight is 589 g/mol. The van der Waals surface area contributed by atoms with Crippen LogP contribution in [-0.2, 0) is 16.3 Å². The van der Waals surface area contributed by atoms with Crippen LogP contribution in [-0.4, -0.2) is 54.8 Å². The first-order chi connectivity index (χ1) is 19.1. The molecule has 1 aliphatic rings. The fourth-order valence-electron chi connectivity index (χ4n) is 4.61. The number of piperazine rings is 1. The van der Waals surface area contributed by atoms with Gasteiger partial charge in [-0.15, -0.1) is 0 Å². The van der Waals surface area contributed by atoms with E-state index in [0.29, 0.717) is 27.9 Å². The van der Waals surface area contributed by atoms with E-state index >= 15 is 0 Å². The van der Waals surface area contributed by atoms with Gasteiger partial charge in [0.05, 0.1) is 33.3 Å². The highest BCUT2D eigenvalue weighted by Crippen LogP contribution is 2.33. The highest BCUT2D eigenvalue weighted by molar-refractivity contribution is 6.43. The molecule has 1 aromatic heterocycles. The first-order valence-electron chi connectivity index (χ1n) is 13.9. The highest BCUT2D eigenvalue weighted by Gasteiger charge is 2.33. The lowest BCUT2D eigenvalue weighted by Gasteiger charge is -2.36. The Hall–Kier alpha value is -2.74. The van der Waals surface area contributed by atoms with Crippen LogP contribution < -0.4 is 15.2 Å². The number of benzene rings is 2. The molecule has 0 atom stereocenters. The molecule has 2 aromatic carbocycles. The smallest absolute Gasteiger partial charge is 0.313 e. The normalized spacial score (nSPS) is 14.6. The Morgan fingerprint density at radius 1 is 1.00 bits per heavy atom. The quantitative estimate of drug-likeness (QED) is 0.189. The number of pyridine rings is 1. The Balaban J connectivity index is 1.26. The number of unbranched alkanes of at least 4 members (excludes halogenated alkanes) is 1. The van der Waals surface area contributed by atoms with Crippen molar-refractivity contribution in [2.45, 2.75) is 47.3 Å². The number of nitrogens with zero attached hydrogens (tertiary/aromatic N) is 3. The van der Waals surface area contributed by atoms with Gasteiger partial charge in [0.1, 0.15) is 5.75 Å². The second-order valence-corrected chi connectivity index (χ2v) is 12.0. The molecular weight excluding hydrogens is 549 g/mol. The van der Waals surface area contributed by atoms with E-state index in [1.807, 2.05) is 64.1 Å². The fraction of sp³-hybridized carbons (Fsp3) is 0.484. The number of carbonyl (C=O) groups excluding carboxylic acids is 1. The van der Waals surface area contributed by atoms with Gasteiger partial charge in [-0.2, -0.15) is 0 Å². The molecule has 1 fully saturated rings. The largest absolute Gasteiger partial charge is 0.494 e. The molecule has 0 aliphatic carbocycles. The topological polar surface area (TPSA) is 64.0 Å². The summed E-state index contributed by atoms with van der Waals surface area (Å²) in [5.74, 6) is 0.475. The number of esters is 1. The summed E-state index contributed by atoms with van der Waals surface area (Å²) in [6.07, 6.45) is 1.94. The van der Waals surface area contributed by atoms with E-state index in [2.05, 4.69) is 9.80 Å². The molecule has 1 aliphatic heterocycles. The van der Waals surface area contributed by atoms with E-state index in [1.165, 1.54) is 10.6 Å².